The Hall–Kier alpha value is -1.52. The van der Waals surface area contributed by atoms with Crippen molar-refractivity contribution in [3.05, 3.63) is 11.8 Å². The van der Waals surface area contributed by atoms with E-state index in [1.165, 1.54) is 0 Å². The van der Waals surface area contributed by atoms with Crippen molar-refractivity contribution in [1.29, 1.82) is 0 Å². The quantitative estimate of drug-likeness (QED) is 0.719. The van der Waals surface area contributed by atoms with E-state index in [-0.39, 0.29) is 11.6 Å². The Kier molecular flexibility index (Phi) is 2.89. The predicted molar refractivity (Wildman–Crippen MR) is 43.8 cm³/mol. The molecule has 0 saturated carbocycles. The van der Waals surface area contributed by atoms with E-state index >= 15 is 0 Å². The summed E-state index contributed by atoms with van der Waals surface area (Å²) in [6.45, 7) is 4.19. The molecule has 0 unspecified atom stereocenters. The highest BCUT2D eigenvalue weighted by molar-refractivity contribution is 5.87. The van der Waals surface area contributed by atoms with E-state index in [4.69, 9.17) is 4.74 Å². The topological polar surface area (TPSA) is 74.9 Å². The molecule has 0 amide bonds. The number of nitrogens with zero attached hydrogens (tertiary/aromatic N) is 1. The van der Waals surface area contributed by atoms with Gasteiger partial charge in [0.25, 0.3) is 5.88 Å². The molecule has 0 spiro atoms. The Morgan fingerprint density at radius 2 is 2.38 bits per heavy atom. The number of ether oxygens (including phenoxy) is 1. The summed E-state index contributed by atoms with van der Waals surface area (Å²) in [5.74, 6) is -0.682. The van der Waals surface area contributed by atoms with Crippen LogP contribution in [0.3, 0.4) is 0 Å². The lowest BCUT2D eigenvalue weighted by atomic mass is 10.2. The molecule has 1 heterocycles. The van der Waals surface area contributed by atoms with Crippen molar-refractivity contribution >= 4 is 5.97 Å². The molecule has 0 bridgehead atoms. The summed E-state index contributed by atoms with van der Waals surface area (Å²) in [5.41, 5.74) is 0.0330. The Morgan fingerprint density at radius 3 is 2.85 bits per heavy atom. The molecule has 5 heteroatoms. The van der Waals surface area contributed by atoms with Crippen molar-refractivity contribution in [3.63, 3.8) is 0 Å². The molecule has 0 atom stereocenters. The normalized spacial score (nSPS) is 10.4. The summed E-state index contributed by atoms with van der Waals surface area (Å²) in [6.07, 6.45) is 0. The molecule has 1 radical (unpaired) electrons. The molecule has 1 aromatic heterocycles. The zero-order chi connectivity index (χ0) is 9.84. The number of carbonyl (C=O) groups excluding carboxylic acids is 1. The number of hydrogen-bond donors (Lipinski definition) is 1. The van der Waals surface area contributed by atoms with E-state index in [1.54, 1.807) is 0 Å². The lowest BCUT2D eigenvalue weighted by Crippen LogP contribution is -2.10. The van der Waals surface area contributed by atoms with Gasteiger partial charge >= 0.3 is 5.97 Å². The average molecular weight is 183 g/mol. The molecule has 0 aliphatic rings. The lowest BCUT2D eigenvalue weighted by Gasteiger charge is -2.04. The molecule has 0 aliphatic heterocycles. The van der Waals surface area contributed by atoms with Crippen LogP contribution in [0.1, 0.15) is 24.3 Å². The van der Waals surface area contributed by atoms with E-state index in [2.05, 4.69) is 10.2 Å². The summed E-state index contributed by atoms with van der Waals surface area (Å²) in [5, 5.41) is 16.2. The first-order chi connectivity index (χ1) is 6.09. The number of esters is 1. The van der Waals surface area contributed by atoms with Gasteiger partial charge in [0.2, 0.25) is 0 Å². The second-order valence-electron chi connectivity index (χ2n) is 3.11. The van der Waals surface area contributed by atoms with E-state index in [0.29, 0.717) is 6.61 Å². The standard InChI is InChI=1S/C8H11N2O3/c1-5(2)4-13-8(12)6-3-7(11)10-9-6/h3,5H,4H2,1-2H3,(H,9,10). The molecule has 1 aromatic rings. The molecule has 0 fully saturated rings. The van der Waals surface area contributed by atoms with E-state index in [1.807, 2.05) is 13.8 Å². The first-order valence-electron chi connectivity index (χ1n) is 3.99. The first-order valence-corrected chi connectivity index (χ1v) is 3.99. The highest BCUT2D eigenvalue weighted by Crippen LogP contribution is 2.07. The molecule has 5 nitrogen and oxygen atoms in total. The van der Waals surface area contributed by atoms with Gasteiger partial charge in [0.15, 0.2) is 5.69 Å². The molecule has 71 valence electrons. The fraction of sp³-hybridized carbons (Fsp3) is 0.500. The van der Waals surface area contributed by atoms with Crippen LogP contribution in [-0.4, -0.2) is 22.8 Å². The van der Waals surface area contributed by atoms with Crippen LogP contribution in [-0.2, 0) is 9.84 Å². The number of rotatable bonds is 3. The Labute approximate surface area is 75.7 Å². The number of nitrogens with one attached hydrogen (secondary N) is 1. The Balaban J connectivity index is 2.49. The van der Waals surface area contributed by atoms with Gasteiger partial charge in [0, 0.05) is 6.07 Å². The smallest absolute Gasteiger partial charge is 0.358 e. The van der Waals surface area contributed by atoms with Gasteiger partial charge in [-0.05, 0) is 5.92 Å². The first kappa shape index (κ1) is 9.57. The van der Waals surface area contributed by atoms with Gasteiger partial charge in [0.05, 0.1) is 6.61 Å². The van der Waals surface area contributed by atoms with Gasteiger partial charge in [-0.15, -0.1) is 0 Å². The minimum atomic E-state index is -0.563. The maximum atomic E-state index is 11.1. The highest BCUT2D eigenvalue weighted by Gasteiger charge is 2.12. The largest absolute Gasteiger partial charge is 0.461 e. The van der Waals surface area contributed by atoms with Crippen LogP contribution >= 0.6 is 0 Å². The van der Waals surface area contributed by atoms with Crippen molar-refractivity contribution in [1.82, 2.24) is 10.2 Å². The number of aromatic amines is 1. The summed E-state index contributed by atoms with van der Waals surface area (Å²) >= 11 is 0. The molecule has 1 rings (SSSR count). The third kappa shape index (κ3) is 2.77. The second kappa shape index (κ2) is 3.93. The molecular weight excluding hydrogens is 172 g/mol. The Morgan fingerprint density at radius 1 is 1.69 bits per heavy atom. The van der Waals surface area contributed by atoms with Gasteiger partial charge in [-0.25, -0.2) is 9.89 Å². The van der Waals surface area contributed by atoms with Crippen LogP contribution in [0.5, 0.6) is 5.88 Å². The molecular formula is C8H11N2O3. The Bertz CT molecular complexity index is 293. The number of H-pyrrole nitrogens is 1. The van der Waals surface area contributed by atoms with Crippen LogP contribution in [0.15, 0.2) is 6.07 Å². The summed E-state index contributed by atoms with van der Waals surface area (Å²) in [4.78, 5) is 11.1. The minimum Gasteiger partial charge on any atom is -0.461 e. The van der Waals surface area contributed by atoms with Gasteiger partial charge in [0.1, 0.15) is 0 Å². The number of hydrogen-bond acceptors (Lipinski definition) is 3. The van der Waals surface area contributed by atoms with Crippen molar-refractivity contribution in [2.45, 2.75) is 13.8 Å². The molecule has 13 heavy (non-hydrogen) atoms. The van der Waals surface area contributed by atoms with Crippen LogP contribution < -0.4 is 0 Å². The molecule has 0 saturated heterocycles. The van der Waals surface area contributed by atoms with Gasteiger partial charge in [-0.2, -0.15) is 5.10 Å². The molecule has 0 aromatic carbocycles. The summed E-state index contributed by atoms with van der Waals surface area (Å²) < 4.78 is 4.84. The summed E-state index contributed by atoms with van der Waals surface area (Å²) in [6, 6.07) is 1.11. The molecule has 0 aliphatic carbocycles. The fourth-order valence-electron chi connectivity index (χ4n) is 0.725. The zero-order valence-corrected chi connectivity index (χ0v) is 7.53. The number of carbonyl (C=O) groups is 1. The monoisotopic (exact) mass is 183 g/mol. The van der Waals surface area contributed by atoms with Crippen LogP contribution in [0, 0.1) is 5.92 Å². The maximum absolute atomic E-state index is 11.1. The maximum Gasteiger partial charge on any atom is 0.358 e. The average Bonchev–Trinajstić information content (AvgIpc) is 2.47. The van der Waals surface area contributed by atoms with Crippen molar-refractivity contribution < 1.29 is 14.6 Å². The van der Waals surface area contributed by atoms with Crippen LogP contribution in [0.2, 0.25) is 0 Å². The van der Waals surface area contributed by atoms with Crippen molar-refractivity contribution in [3.8, 4) is 5.88 Å². The molecule has 1 N–H and O–H groups in total. The van der Waals surface area contributed by atoms with Crippen molar-refractivity contribution in [2.75, 3.05) is 6.61 Å². The van der Waals surface area contributed by atoms with E-state index < -0.39 is 11.8 Å². The van der Waals surface area contributed by atoms with E-state index in [9.17, 15) is 9.90 Å². The number of aromatic nitrogens is 2. The second-order valence-corrected chi connectivity index (χ2v) is 3.11. The highest BCUT2D eigenvalue weighted by atomic mass is 16.5. The third-order valence-electron chi connectivity index (χ3n) is 1.31. The van der Waals surface area contributed by atoms with Gasteiger partial charge < -0.3 is 4.74 Å². The minimum absolute atomic E-state index is 0.0330. The fourth-order valence-corrected chi connectivity index (χ4v) is 0.725. The van der Waals surface area contributed by atoms with Crippen molar-refractivity contribution in [2.24, 2.45) is 5.92 Å². The SMILES string of the molecule is CC(C)COC(=O)c1cc([O])[nH]n1. The lowest BCUT2D eigenvalue weighted by molar-refractivity contribution is 0.0452. The third-order valence-corrected chi connectivity index (χ3v) is 1.31. The van der Waals surface area contributed by atoms with E-state index in [0.717, 1.165) is 6.07 Å². The predicted octanol–water partition coefficient (Wildman–Crippen LogP) is 1.37. The van der Waals surface area contributed by atoms with Gasteiger partial charge in [-0.3, -0.25) is 5.11 Å². The van der Waals surface area contributed by atoms with Gasteiger partial charge in [-0.1, -0.05) is 13.8 Å². The zero-order valence-electron chi connectivity index (χ0n) is 7.53. The van der Waals surface area contributed by atoms with Crippen LogP contribution in [0.25, 0.3) is 0 Å². The van der Waals surface area contributed by atoms with Crippen LogP contribution in [0.4, 0.5) is 0 Å². The summed E-state index contributed by atoms with van der Waals surface area (Å²) in [7, 11) is 0.